The maximum Gasteiger partial charge on any atom is 0.307 e. The minimum absolute atomic E-state index is 0.263. The topological polar surface area (TPSA) is 74.6 Å². The Morgan fingerprint density at radius 3 is 2.15 bits per heavy atom. The van der Waals surface area contributed by atoms with E-state index in [4.69, 9.17) is 10.2 Å². The molecule has 0 aromatic rings. The molecule has 0 aliphatic carbocycles. The first-order chi connectivity index (χ1) is 6.00. The summed E-state index contributed by atoms with van der Waals surface area (Å²) in [4.78, 5) is 21.2. The van der Waals surface area contributed by atoms with E-state index in [9.17, 15) is 9.59 Å². The lowest BCUT2D eigenvalue weighted by Gasteiger charge is -2.13. The minimum Gasteiger partial charge on any atom is -0.481 e. The van der Waals surface area contributed by atoms with E-state index in [2.05, 4.69) is 0 Å². The van der Waals surface area contributed by atoms with E-state index in [1.165, 1.54) is 6.92 Å². The van der Waals surface area contributed by atoms with Gasteiger partial charge in [-0.2, -0.15) is 0 Å². The van der Waals surface area contributed by atoms with E-state index < -0.39 is 23.8 Å². The van der Waals surface area contributed by atoms with Gasteiger partial charge in [-0.15, -0.1) is 0 Å². The molecule has 0 saturated heterocycles. The molecule has 0 spiro atoms. The Kier molecular flexibility index (Phi) is 4.80. The number of carbonyl (C=O) groups is 2. The average Bonchev–Trinajstić information content (AvgIpc) is 2.04. The van der Waals surface area contributed by atoms with Gasteiger partial charge in [0, 0.05) is 0 Å². The third-order valence-corrected chi connectivity index (χ3v) is 1.94. The quantitative estimate of drug-likeness (QED) is 0.636. The Morgan fingerprint density at radius 1 is 1.31 bits per heavy atom. The van der Waals surface area contributed by atoms with Crippen LogP contribution in [0.15, 0.2) is 12.2 Å². The van der Waals surface area contributed by atoms with Crippen LogP contribution in [0.2, 0.25) is 0 Å². The minimum atomic E-state index is -1.07. The Balaban J connectivity index is 4.41. The van der Waals surface area contributed by atoms with Gasteiger partial charge in [0.05, 0.1) is 11.8 Å². The summed E-state index contributed by atoms with van der Waals surface area (Å²) in [6.07, 6.45) is 3.64. The molecule has 0 aromatic heterocycles. The van der Waals surface area contributed by atoms with Gasteiger partial charge >= 0.3 is 11.9 Å². The lowest BCUT2D eigenvalue weighted by atomic mass is 9.91. The highest BCUT2D eigenvalue weighted by Crippen LogP contribution is 2.16. The van der Waals surface area contributed by atoms with Crippen LogP contribution >= 0.6 is 0 Å². The molecule has 0 radical (unpaired) electrons. The highest BCUT2D eigenvalue weighted by atomic mass is 16.4. The van der Waals surface area contributed by atoms with Crippen molar-refractivity contribution >= 4 is 11.9 Å². The summed E-state index contributed by atoms with van der Waals surface area (Å²) in [5.74, 6) is -3.83. The van der Waals surface area contributed by atoms with E-state index in [-0.39, 0.29) is 6.42 Å². The molecule has 4 heteroatoms. The van der Waals surface area contributed by atoms with Crippen molar-refractivity contribution < 1.29 is 19.8 Å². The van der Waals surface area contributed by atoms with Crippen molar-refractivity contribution in [3.8, 4) is 0 Å². The maximum atomic E-state index is 10.7. The summed E-state index contributed by atoms with van der Waals surface area (Å²) in [5, 5.41) is 17.3. The molecule has 2 atom stereocenters. The van der Waals surface area contributed by atoms with Crippen molar-refractivity contribution in [1.29, 1.82) is 0 Å². The van der Waals surface area contributed by atoms with Crippen molar-refractivity contribution in [1.82, 2.24) is 0 Å². The molecule has 0 aliphatic heterocycles. The van der Waals surface area contributed by atoms with Crippen LogP contribution in [-0.4, -0.2) is 22.2 Å². The van der Waals surface area contributed by atoms with Crippen LogP contribution in [-0.2, 0) is 9.59 Å². The van der Waals surface area contributed by atoms with E-state index in [0.29, 0.717) is 0 Å². The SMILES string of the molecule is C/C=C/CC(C(=O)O)C(C)C(=O)O. The Hall–Kier alpha value is -1.32. The molecule has 2 N–H and O–H groups in total. The Labute approximate surface area is 76.9 Å². The predicted octanol–water partition coefficient (Wildman–Crippen LogP) is 1.37. The van der Waals surface area contributed by atoms with Gasteiger partial charge in [-0.25, -0.2) is 0 Å². The fraction of sp³-hybridized carbons (Fsp3) is 0.556. The van der Waals surface area contributed by atoms with Crippen molar-refractivity contribution in [2.45, 2.75) is 20.3 Å². The Bertz CT molecular complexity index is 220. The summed E-state index contributed by atoms with van der Waals surface area (Å²) < 4.78 is 0. The molecule has 0 heterocycles. The number of aliphatic carboxylic acids is 2. The number of rotatable bonds is 5. The van der Waals surface area contributed by atoms with Crippen molar-refractivity contribution in [2.24, 2.45) is 11.8 Å². The van der Waals surface area contributed by atoms with Gasteiger partial charge in [0.2, 0.25) is 0 Å². The molecular weight excluding hydrogens is 172 g/mol. The lowest BCUT2D eigenvalue weighted by Crippen LogP contribution is -2.27. The molecule has 0 aliphatic rings. The first-order valence-electron chi connectivity index (χ1n) is 4.07. The summed E-state index contributed by atoms with van der Waals surface area (Å²) >= 11 is 0. The molecule has 0 aromatic carbocycles. The molecule has 0 saturated carbocycles. The molecule has 13 heavy (non-hydrogen) atoms. The van der Waals surface area contributed by atoms with E-state index in [1.54, 1.807) is 19.1 Å². The van der Waals surface area contributed by atoms with Gasteiger partial charge in [-0.3, -0.25) is 9.59 Å². The monoisotopic (exact) mass is 186 g/mol. The second-order valence-corrected chi connectivity index (χ2v) is 2.88. The van der Waals surface area contributed by atoms with Gasteiger partial charge in [0.25, 0.3) is 0 Å². The first kappa shape index (κ1) is 11.7. The van der Waals surface area contributed by atoms with Crippen LogP contribution < -0.4 is 0 Å². The summed E-state index contributed by atoms with van der Waals surface area (Å²) in [6.45, 7) is 3.18. The lowest BCUT2D eigenvalue weighted by molar-refractivity contribution is -0.152. The van der Waals surface area contributed by atoms with Gasteiger partial charge in [-0.1, -0.05) is 19.1 Å². The van der Waals surface area contributed by atoms with Gasteiger partial charge < -0.3 is 10.2 Å². The zero-order valence-corrected chi connectivity index (χ0v) is 7.73. The number of hydrogen-bond acceptors (Lipinski definition) is 2. The molecule has 4 nitrogen and oxygen atoms in total. The zero-order valence-electron chi connectivity index (χ0n) is 7.73. The van der Waals surface area contributed by atoms with Crippen LogP contribution in [0.5, 0.6) is 0 Å². The number of carboxylic acids is 2. The molecule has 0 amide bonds. The Morgan fingerprint density at radius 2 is 1.85 bits per heavy atom. The maximum absolute atomic E-state index is 10.7. The van der Waals surface area contributed by atoms with Crippen LogP contribution in [0.25, 0.3) is 0 Å². The number of allylic oxidation sites excluding steroid dienone is 2. The van der Waals surface area contributed by atoms with E-state index >= 15 is 0 Å². The van der Waals surface area contributed by atoms with Gasteiger partial charge in [0.15, 0.2) is 0 Å². The highest BCUT2D eigenvalue weighted by molar-refractivity contribution is 5.79. The van der Waals surface area contributed by atoms with Crippen molar-refractivity contribution in [3.63, 3.8) is 0 Å². The average molecular weight is 186 g/mol. The molecule has 0 rings (SSSR count). The van der Waals surface area contributed by atoms with Gasteiger partial charge in [0.1, 0.15) is 0 Å². The van der Waals surface area contributed by atoms with E-state index in [1.807, 2.05) is 0 Å². The fourth-order valence-electron chi connectivity index (χ4n) is 0.974. The third-order valence-electron chi connectivity index (χ3n) is 1.94. The second-order valence-electron chi connectivity index (χ2n) is 2.88. The number of hydrogen-bond donors (Lipinski definition) is 2. The summed E-state index contributed by atoms with van der Waals surface area (Å²) in [7, 11) is 0. The molecule has 2 unspecified atom stereocenters. The van der Waals surface area contributed by atoms with Crippen LogP contribution in [0, 0.1) is 11.8 Å². The molecule has 0 fully saturated rings. The van der Waals surface area contributed by atoms with Crippen molar-refractivity contribution in [2.75, 3.05) is 0 Å². The first-order valence-corrected chi connectivity index (χ1v) is 4.07. The molecule has 0 bridgehead atoms. The second kappa shape index (κ2) is 5.35. The summed E-state index contributed by atoms with van der Waals surface area (Å²) in [6, 6.07) is 0. The third kappa shape index (κ3) is 3.73. The fourth-order valence-corrected chi connectivity index (χ4v) is 0.974. The number of carboxylic acid groups (broad SMARTS) is 2. The van der Waals surface area contributed by atoms with Gasteiger partial charge in [-0.05, 0) is 13.3 Å². The van der Waals surface area contributed by atoms with Crippen LogP contribution in [0.3, 0.4) is 0 Å². The molecule has 74 valence electrons. The van der Waals surface area contributed by atoms with Crippen molar-refractivity contribution in [3.05, 3.63) is 12.2 Å². The van der Waals surface area contributed by atoms with Crippen LogP contribution in [0.1, 0.15) is 20.3 Å². The van der Waals surface area contributed by atoms with Crippen LogP contribution in [0.4, 0.5) is 0 Å². The largest absolute Gasteiger partial charge is 0.481 e. The smallest absolute Gasteiger partial charge is 0.307 e. The molecular formula is C9H14O4. The predicted molar refractivity (Wildman–Crippen MR) is 47.4 cm³/mol. The van der Waals surface area contributed by atoms with E-state index in [0.717, 1.165) is 0 Å². The zero-order chi connectivity index (χ0) is 10.4. The highest BCUT2D eigenvalue weighted by Gasteiger charge is 2.28. The summed E-state index contributed by atoms with van der Waals surface area (Å²) in [5.41, 5.74) is 0. The standard InChI is InChI=1S/C9H14O4/c1-3-4-5-7(9(12)13)6(2)8(10)11/h3-4,6-7H,5H2,1-2H3,(H,10,11)(H,12,13)/b4-3+. The normalized spacial score (nSPS) is 15.5.